The normalized spacial score (nSPS) is 16.0. The Morgan fingerprint density at radius 2 is 2.00 bits per heavy atom. The summed E-state index contributed by atoms with van der Waals surface area (Å²) in [5, 5.41) is 20.2. The minimum absolute atomic E-state index is 0.138. The Morgan fingerprint density at radius 3 is 2.72 bits per heavy atom. The Bertz CT molecular complexity index is 877. The summed E-state index contributed by atoms with van der Waals surface area (Å²) in [4.78, 5) is 19.4. The topological polar surface area (TPSA) is 99.1 Å². The first-order chi connectivity index (χ1) is 14.0. The van der Waals surface area contributed by atoms with Crippen LogP contribution < -0.4 is 5.32 Å². The van der Waals surface area contributed by atoms with E-state index in [1.54, 1.807) is 0 Å². The van der Waals surface area contributed by atoms with Gasteiger partial charge in [-0.1, -0.05) is 18.2 Å². The van der Waals surface area contributed by atoms with Gasteiger partial charge in [0, 0.05) is 55.9 Å². The third-order valence-corrected chi connectivity index (χ3v) is 5.88. The second-order valence-electron chi connectivity index (χ2n) is 7.19. The monoisotopic (exact) mass is 418 g/mol. The van der Waals surface area contributed by atoms with Crippen LogP contribution >= 0.6 is 11.8 Å². The number of rotatable bonds is 5. The van der Waals surface area contributed by atoms with Gasteiger partial charge in [-0.2, -0.15) is 0 Å². The maximum Gasteiger partial charge on any atom is 0.276 e. The number of piperazine rings is 1. The zero-order valence-corrected chi connectivity index (χ0v) is 17.3. The molecule has 1 aromatic heterocycles. The van der Waals surface area contributed by atoms with E-state index in [1.807, 2.05) is 47.2 Å². The summed E-state index contributed by atoms with van der Waals surface area (Å²) in [5.41, 5.74) is 2.18. The van der Waals surface area contributed by atoms with E-state index in [1.165, 1.54) is 0 Å². The Labute approximate surface area is 174 Å². The molecule has 1 unspecified atom stereocenters. The lowest BCUT2D eigenvalue weighted by Gasteiger charge is -2.35. The van der Waals surface area contributed by atoms with Gasteiger partial charge in [0.05, 0.1) is 0 Å². The highest BCUT2D eigenvalue weighted by Gasteiger charge is 2.22. The van der Waals surface area contributed by atoms with Gasteiger partial charge in [0.2, 0.25) is 0 Å². The number of fused-ring (bicyclic) bond motifs is 1. The predicted octanol–water partition coefficient (Wildman–Crippen LogP) is 2.45. The average molecular weight is 419 g/mol. The van der Waals surface area contributed by atoms with Crippen molar-refractivity contribution in [3.8, 4) is 0 Å². The number of halogens is 1. The van der Waals surface area contributed by atoms with Crippen LogP contribution in [0.1, 0.15) is 12.5 Å². The fraction of sp³-hybridized carbons (Fsp3) is 0.450. The van der Waals surface area contributed by atoms with E-state index in [0.29, 0.717) is 39.1 Å². The number of alkyl halides is 1. The van der Waals surface area contributed by atoms with Crippen molar-refractivity contribution < 1.29 is 9.18 Å². The Hall–Kier alpha value is -2.39. The van der Waals surface area contributed by atoms with Gasteiger partial charge in [-0.15, -0.1) is 0 Å². The molecule has 29 heavy (non-hydrogen) atoms. The molecule has 1 aliphatic heterocycles. The minimum Gasteiger partial charge on any atom is -0.361 e. The van der Waals surface area contributed by atoms with Crippen molar-refractivity contribution in [2.24, 2.45) is 0 Å². The number of nitrogens with one attached hydrogen (secondary N) is 4. The van der Waals surface area contributed by atoms with Gasteiger partial charge in [0.25, 0.3) is 5.91 Å². The highest BCUT2D eigenvalue weighted by atomic mass is 32.2. The lowest BCUT2D eigenvalue weighted by molar-refractivity contribution is -0.115. The zero-order valence-electron chi connectivity index (χ0n) is 16.5. The summed E-state index contributed by atoms with van der Waals surface area (Å²) in [5.74, 6) is -0.469. The van der Waals surface area contributed by atoms with Crippen LogP contribution in [0.25, 0.3) is 10.9 Å². The highest BCUT2D eigenvalue weighted by Crippen LogP contribution is 2.19. The maximum atomic E-state index is 12.4. The van der Waals surface area contributed by atoms with E-state index in [0.717, 1.165) is 28.2 Å². The molecular weight excluding hydrogens is 391 g/mol. The third-order valence-electron chi connectivity index (χ3n) is 5.04. The molecule has 0 radical (unpaired) electrons. The van der Waals surface area contributed by atoms with Gasteiger partial charge in [-0.05, 0) is 36.7 Å². The predicted molar refractivity (Wildman–Crippen MR) is 117 cm³/mol. The van der Waals surface area contributed by atoms with Crippen molar-refractivity contribution in [2.45, 2.75) is 19.4 Å². The van der Waals surface area contributed by atoms with Crippen LogP contribution in [0, 0.1) is 10.8 Å². The smallest absolute Gasteiger partial charge is 0.276 e. The van der Waals surface area contributed by atoms with E-state index in [9.17, 15) is 9.18 Å². The quantitative estimate of drug-likeness (QED) is 0.443. The number of aromatic amines is 1. The average Bonchev–Trinajstić information content (AvgIpc) is 3.11. The Morgan fingerprint density at radius 1 is 1.28 bits per heavy atom. The number of amides is 1. The second kappa shape index (κ2) is 9.89. The second-order valence-corrected chi connectivity index (χ2v) is 8.19. The molecule has 1 aromatic carbocycles. The first kappa shape index (κ1) is 21.3. The van der Waals surface area contributed by atoms with Crippen LogP contribution in [0.15, 0.2) is 30.5 Å². The molecule has 9 heteroatoms. The van der Waals surface area contributed by atoms with Crippen LogP contribution in [0.5, 0.6) is 0 Å². The van der Waals surface area contributed by atoms with E-state index in [-0.39, 0.29) is 22.9 Å². The summed E-state index contributed by atoms with van der Waals surface area (Å²) >= 11 is 0.863. The van der Waals surface area contributed by atoms with Crippen molar-refractivity contribution in [3.63, 3.8) is 0 Å². The molecule has 1 aliphatic rings. The molecule has 2 aromatic rings. The molecule has 2 heterocycles. The Kier molecular flexibility index (Phi) is 7.27. The van der Waals surface area contributed by atoms with Gasteiger partial charge in [0.1, 0.15) is 6.67 Å². The van der Waals surface area contributed by atoms with Gasteiger partial charge in [-0.25, -0.2) is 4.39 Å². The van der Waals surface area contributed by atoms with Crippen molar-refractivity contribution in [1.82, 2.24) is 20.1 Å². The third kappa shape index (κ3) is 5.57. The van der Waals surface area contributed by atoms with E-state index in [2.05, 4.69) is 10.3 Å². The number of hydrogen-bond donors (Lipinski definition) is 4. The molecule has 3 rings (SSSR count). The molecule has 156 valence electrons. The molecule has 4 N–H and O–H groups in total. The number of benzene rings is 1. The van der Waals surface area contributed by atoms with Gasteiger partial charge in [-0.3, -0.25) is 20.5 Å². The zero-order chi connectivity index (χ0) is 20.8. The summed E-state index contributed by atoms with van der Waals surface area (Å²) in [6.07, 6.45) is 2.60. The molecule has 0 bridgehead atoms. The number of hydrogen-bond acceptors (Lipinski definition) is 5. The van der Waals surface area contributed by atoms with E-state index in [4.69, 9.17) is 10.8 Å². The molecule has 1 saturated heterocycles. The molecule has 0 spiro atoms. The fourth-order valence-electron chi connectivity index (χ4n) is 3.47. The van der Waals surface area contributed by atoms with Crippen molar-refractivity contribution in [2.75, 3.05) is 39.4 Å². The van der Waals surface area contributed by atoms with Crippen molar-refractivity contribution in [1.29, 1.82) is 10.8 Å². The summed E-state index contributed by atoms with van der Waals surface area (Å²) in [7, 11) is 0. The van der Waals surface area contributed by atoms with Crippen molar-refractivity contribution >= 4 is 38.8 Å². The number of amidine groups is 1. The molecule has 1 amide bonds. The van der Waals surface area contributed by atoms with Crippen LogP contribution in [0.2, 0.25) is 0 Å². The molecule has 1 fully saturated rings. The van der Waals surface area contributed by atoms with Gasteiger partial charge >= 0.3 is 0 Å². The first-order valence-electron chi connectivity index (χ1n) is 9.72. The lowest BCUT2D eigenvalue weighted by atomic mass is 10.1. The van der Waals surface area contributed by atoms with Crippen LogP contribution in [0.4, 0.5) is 4.39 Å². The van der Waals surface area contributed by atoms with E-state index >= 15 is 0 Å². The number of carbonyl (C=O) groups excluding carboxylic acids is 1. The summed E-state index contributed by atoms with van der Waals surface area (Å²) < 4.78 is 12.4. The number of thioether (sulfide) groups is 1. The molecule has 7 nitrogen and oxygen atoms in total. The fourth-order valence-corrected chi connectivity index (χ4v) is 4.13. The number of nitrogens with zero attached hydrogens (tertiary/aromatic N) is 2. The maximum absolute atomic E-state index is 12.4. The lowest BCUT2D eigenvalue weighted by Crippen LogP contribution is -2.48. The van der Waals surface area contributed by atoms with Gasteiger partial charge in [0.15, 0.2) is 10.2 Å². The van der Waals surface area contributed by atoms with Crippen LogP contribution in [0.3, 0.4) is 0 Å². The first-order valence-corrected chi connectivity index (χ1v) is 10.5. The number of carbonyl (C=O) groups is 1. The Balaban J connectivity index is 1.46. The number of H-pyrrole nitrogens is 1. The number of para-hydroxylation sites is 1. The summed E-state index contributed by atoms with van der Waals surface area (Å²) in [6.45, 7) is 4.55. The molecular formula is C20H27FN6OS. The highest BCUT2D eigenvalue weighted by molar-refractivity contribution is 8.27. The van der Waals surface area contributed by atoms with Crippen LogP contribution in [-0.4, -0.2) is 76.3 Å². The van der Waals surface area contributed by atoms with E-state index < -0.39 is 5.91 Å². The number of aromatic nitrogens is 1. The molecule has 1 atom stereocenters. The standard InChI is InChI=1S/C20H27FN6OS/c1-14(12-15-13-24-17-5-3-2-4-16(15)17)25-19(28)18(22)29-20(23)27-10-8-26(7-6-21)9-11-27/h2-5,13-14,22-24H,6-12H2,1H3,(H,25,28). The largest absolute Gasteiger partial charge is 0.361 e. The minimum atomic E-state index is -0.469. The summed E-state index contributed by atoms with van der Waals surface area (Å²) in [6, 6.07) is 7.88. The molecule has 0 saturated carbocycles. The SMILES string of the molecule is CC(Cc1c[nH]c2ccccc12)NC(=O)C(=N)SC(=N)N1CCN(CCF)CC1. The molecule has 0 aliphatic carbocycles. The van der Waals surface area contributed by atoms with Crippen LogP contribution in [-0.2, 0) is 11.2 Å². The van der Waals surface area contributed by atoms with Crippen molar-refractivity contribution in [3.05, 3.63) is 36.0 Å². The van der Waals surface area contributed by atoms with Gasteiger partial charge < -0.3 is 15.2 Å².